The molecule has 1 aromatic carbocycles. The summed E-state index contributed by atoms with van der Waals surface area (Å²) in [7, 11) is -1.97. The fourth-order valence-corrected chi connectivity index (χ4v) is 1.96. The van der Waals surface area contributed by atoms with Gasteiger partial charge in [0.1, 0.15) is 0 Å². The third-order valence-corrected chi connectivity index (χ3v) is 3.84. The average molecular weight is 271 g/mol. The molecule has 0 bridgehead atoms. The van der Waals surface area contributed by atoms with Gasteiger partial charge in [-0.3, -0.25) is 4.79 Å². The molecule has 0 aliphatic carbocycles. The molecule has 0 aliphatic heterocycles. The van der Waals surface area contributed by atoms with Crippen LogP contribution in [0.2, 0.25) is 0 Å². The molecule has 0 fully saturated rings. The van der Waals surface area contributed by atoms with E-state index in [1.54, 1.807) is 25.1 Å². The SMILES string of the molecule is CNS(=O)(=O)CCNC(=O)c1cc(N)ccc1C. The van der Waals surface area contributed by atoms with Gasteiger partial charge < -0.3 is 11.1 Å². The lowest BCUT2D eigenvalue weighted by molar-refractivity contribution is 0.0955. The zero-order valence-corrected chi connectivity index (χ0v) is 11.2. The van der Waals surface area contributed by atoms with Crippen LogP contribution in [0.1, 0.15) is 15.9 Å². The Hall–Kier alpha value is -1.60. The average Bonchev–Trinajstić information content (AvgIpc) is 2.32. The molecule has 4 N–H and O–H groups in total. The zero-order chi connectivity index (χ0) is 13.8. The van der Waals surface area contributed by atoms with Crippen LogP contribution in [-0.4, -0.2) is 33.7 Å². The van der Waals surface area contributed by atoms with Crippen molar-refractivity contribution in [3.05, 3.63) is 29.3 Å². The van der Waals surface area contributed by atoms with Crippen molar-refractivity contribution in [3.8, 4) is 0 Å². The lowest BCUT2D eigenvalue weighted by Crippen LogP contribution is -2.33. The second kappa shape index (κ2) is 5.83. The van der Waals surface area contributed by atoms with Crippen molar-refractivity contribution in [1.82, 2.24) is 10.0 Å². The summed E-state index contributed by atoms with van der Waals surface area (Å²) in [4.78, 5) is 11.8. The van der Waals surface area contributed by atoms with Gasteiger partial charge in [-0.2, -0.15) is 0 Å². The molecule has 1 aromatic rings. The number of anilines is 1. The van der Waals surface area contributed by atoms with E-state index in [0.717, 1.165) is 5.56 Å². The quantitative estimate of drug-likeness (QED) is 0.648. The van der Waals surface area contributed by atoms with Crippen LogP contribution in [0.3, 0.4) is 0 Å². The van der Waals surface area contributed by atoms with Crippen molar-refractivity contribution in [1.29, 1.82) is 0 Å². The first-order chi connectivity index (χ1) is 8.35. The second-order valence-electron chi connectivity index (χ2n) is 3.85. The van der Waals surface area contributed by atoms with Crippen molar-refractivity contribution in [3.63, 3.8) is 0 Å². The summed E-state index contributed by atoms with van der Waals surface area (Å²) in [5.41, 5.74) is 7.34. The van der Waals surface area contributed by atoms with Crippen LogP contribution >= 0.6 is 0 Å². The van der Waals surface area contributed by atoms with Gasteiger partial charge >= 0.3 is 0 Å². The summed E-state index contributed by atoms with van der Waals surface area (Å²) < 4.78 is 24.5. The van der Waals surface area contributed by atoms with E-state index in [9.17, 15) is 13.2 Å². The summed E-state index contributed by atoms with van der Waals surface area (Å²) in [6.07, 6.45) is 0. The number of hydrogen-bond donors (Lipinski definition) is 3. The van der Waals surface area contributed by atoms with E-state index in [1.807, 2.05) is 0 Å². The van der Waals surface area contributed by atoms with Gasteiger partial charge in [0.05, 0.1) is 5.75 Å². The first-order valence-electron chi connectivity index (χ1n) is 5.41. The molecular formula is C11H17N3O3S. The largest absolute Gasteiger partial charge is 0.399 e. The molecule has 1 amide bonds. The third kappa shape index (κ3) is 4.01. The molecule has 18 heavy (non-hydrogen) atoms. The van der Waals surface area contributed by atoms with Gasteiger partial charge in [0.15, 0.2) is 0 Å². The lowest BCUT2D eigenvalue weighted by Gasteiger charge is -2.08. The molecular weight excluding hydrogens is 254 g/mol. The number of carbonyl (C=O) groups excluding carboxylic acids is 1. The van der Waals surface area contributed by atoms with Crippen LogP contribution in [0, 0.1) is 6.92 Å². The van der Waals surface area contributed by atoms with E-state index in [4.69, 9.17) is 5.73 Å². The molecule has 0 saturated heterocycles. The molecule has 7 heteroatoms. The van der Waals surface area contributed by atoms with Gasteiger partial charge in [0, 0.05) is 17.8 Å². The minimum Gasteiger partial charge on any atom is -0.399 e. The molecule has 0 saturated carbocycles. The molecule has 0 atom stereocenters. The fourth-order valence-electron chi connectivity index (χ4n) is 1.38. The predicted octanol–water partition coefficient (Wildman–Crippen LogP) is -0.144. The Kier molecular flexibility index (Phi) is 4.69. The van der Waals surface area contributed by atoms with E-state index < -0.39 is 10.0 Å². The van der Waals surface area contributed by atoms with Gasteiger partial charge in [-0.15, -0.1) is 0 Å². The number of aryl methyl sites for hydroxylation is 1. The van der Waals surface area contributed by atoms with Crippen molar-refractivity contribution in [2.45, 2.75) is 6.92 Å². The Morgan fingerprint density at radius 3 is 2.67 bits per heavy atom. The van der Waals surface area contributed by atoms with Crippen LogP contribution in [0.15, 0.2) is 18.2 Å². The zero-order valence-electron chi connectivity index (χ0n) is 10.4. The third-order valence-electron chi connectivity index (χ3n) is 2.47. The number of carbonyl (C=O) groups is 1. The van der Waals surface area contributed by atoms with Crippen molar-refractivity contribution >= 4 is 21.6 Å². The summed E-state index contributed by atoms with van der Waals surface area (Å²) in [5, 5.41) is 2.54. The first kappa shape index (κ1) is 14.5. The summed E-state index contributed by atoms with van der Waals surface area (Å²) >= 11 is 0. The highest BCUT2D eigenvalue weighted by Gasteiger charge is 2.11. The number of nitrogens with one attached hydrogen (secondary N) is 2. The van der Waals surface area contributed by atoms with Gasteiger partial charge in [-0.25, -0.2) is 13.1 Å². The highest BCUT2D eigenvalue weighted by Crippen LogP contribution is 2.12. The Labute approximate surface area is 107 Å². The van der Waals surface area contributed by atoms with E-state index in [0.29, 0.717) is 11.3 Å². The highest BCUT2D eigenvalue weighted by atomic mass is 32.2. The molecule has 1 rings (SSSR count). The number of rotatable bonds is 5. The van der Waals surface area contributed by atoms with E-state index in [1.165, 1.54) is 7.05 Å². The Bertz CT molecular complexity index is 540. The van der Waals surface area contributed by atoms with Gasteiger partial charge in [-0.1, -0.05) is 6.07 Å². The van der Waals surface area contributed by atoms with Crippen molar-refractivity contribution in [2.75, 3.05) is 25.1 Å². The monoisotopic (exact) mass is 271 g/mol. The fraction of sp³-hybridized carbons (Fsp3) is 0.364. The highest BCUT2D eigenvalue weighted by molar-refractivity contribution is 7.89. The van der Waals surface area contributed by atoms with E-state index in [2.05, 4.69) is 10.0 Å². The summed E-state index contributed by atoms with van der Waals surface area (Å²) in [5.74, 6) is -0.484. The van der Waals surface area contributed by atoms with Crippen LogP contribution in [0.4, 0.5) is 5.69 Å². The van der Waals surface area contributed by atoms with Crippen LogP contribution < -0.4 is 15.8 Å². The van der Waals surface area contributed by atoms with Gasteiger partial charge in [0.25, 0.3) is 5.91 Å². The molecule has 0 aliphatic rings. The van der Waals surface area contributed by atoms with Crippen LogP contribution in [-0.2, 0) is 10.0 Å². The molecule has 0 radical (unpaired) electrons. The maximum Gasteiger partial charge on any atom is 0.251 e. The van der Waals surface area contributed by atoms with Gasteiger partial charge in [0.2, 0.25) is 10.0 Å². The Balaban J connectivity index is 2.64. The molecule has 6 nitrogen and oxygen atoms in total. The van der Waals surface area contributed by atoms with Crippen molar-refractivity contribution in [2.24, 2.45) is 0 Å². The second-order valence-corrected chi connectivity index (χ2v) is 5.90. The number of nitrogens with two attached hydrogens (primary N) is 1. The number of sulfonamides is 1. The normalized spacial score (nSPS) is 11.2. The first-order valence-corrected chi connectivity index (χ1v) is 7.06. The predicted molar refractivity (Wildman–Crippen MR) is 70.8 cm³/mol. The molecule has 0 unspecified atom stereocenters. The minimum atomic E-state index is -3.31. The van der Waals surface area contributed by atoms with Crippen LogP contribution in [0.25, 0.3) is 0 Å². The maximum atomic E-state index is 11.8. The van der Waals surface area contributed by atoms with Crippen LogP contribution in [0.5, 0.6) is 0 Å². The summed E-state index contributed by atoms with van der Waals surface area (Å²) in [6, 6.07) is 5.02. The number of benzene rings is 1. The number of nitrogen functional groups attached to an aromatic ring is 1. The van der Waals surface area contributed by atoms with E-state index in [-0.39, 0.29) is 18.2 Å². The minimum absolute atomic E-state index is 0.0518. The smallest absolute Gasteiger partial charge is 0.251 e. The Morgan fingerprint density at radius 1 is 1.39 bits per heavy atom. The molecule has 0 spiro atoms. The van der Waals surface area contributed by atoms with E-state index >= 15 is 0 Å². The Morgan fingerprint density at radius 2 is 2.06 bits per heavy atom. The lowest BCUT2D eigenvalue weighted by atomic mass is 10.1. The standard InChI is InChI=1S/C11H17N3O3S/c1-8-3-4-9(12)7-10(8)11(15)14-5-6-18(16,17)13-2/h3-4,7,13H,5-6,12H2,1-2H3,(H,14,15). The van der Waals surface area contributed by atoms with Crippen molar-refractivity contribution < 1.29 is 13.2 Å². The topological polar surface area (TPSA) is 101 Å². The number of amides is 1. The summed E-state index contributed by atoms with van der Waals surface area (Å²) in [6.45, 7) is 1.84. The number of hydrogen-bond acceptors (Lipinski definition) is 4. The van der Waals surface area contributed by atoms with Gasteiger partial charge in [-0.05, 0) is 31.7 Å². The maximum absolute atomic E-state index is 11.8. The molecule has 0 aromatic heterocycles. The molecule has 100 valence electrons. The molecule has 0 heterocycles.